The number of carbonyl (C=O) groups excluding carboxylic acids is 1. The van der Waals surface area contributed by atoms with Crippen LogP contribution in [0.15, 0.2) is 52.8 Å². The minimum atomic E-state index is -0.0998. The Morgan fingerprint density at radius 1 is 1.22 bits per heavy atom. The fraction of sp³-hybridized carbons (Fsp3) is 0.235. The third-order valence-corrected chi connectivity index (χ3v) is 4.52. The molecule has 3 aromatic rings. The van der Waals surface area contributed by atoms with Crippen LogP contribution < -0.4 is 10.7 Å². The Kier molecular flexibility index (Phi) is 4.83. The third-order valence-electron chi connectivity index (χ3n) is 3.59. The zero-order valence-electron chi connectivity index (χ0n) is 12.6. The van der Waals surface area contributed by atoms with Crippen LogP contribution in [0, 0.1) is 0 Å². The first-order valence-electron chi connectivity index (χ1n) is 7.48. The van der Waals surface area contributed by atoms with Gasteiger partial charge in [-0.25, -0.2) is 0 Å². The molecule has 0 aliphatic carbocycles. The van der Waals surface area contributed by atoms with Gasteiger partial charge in [-0.3, -0.25) is 14.3 Å². The van der Waals surface area contributed by atoms with E-state index in [4.69, 9.17) is 0 Å². The molecule has 23 heavy (non-hydrogen) atoms. The summed E-state index contributed by atoms with van der Waals surface area (Å²) in [5.74, 6) is -0.00821. The summed E-state index contributed by atoms with van der Waals surface area (Å²) < 4.78 is 1.70. The topological polar surface area (TPSA) is 64.0 Å². The average Bonchev–Trinajstić information content (AvgIpc) is 3.08. The van der Waals surface area contributed by atoms with Gasteiger partial charge in [0.2, 0.25) is 11.3 Å². The number of hydrogen-bond acceptors (Lipinski definition) is 4. The highest BCUT2D eigenvalue weighted by Crippen LogP contribution is 2.09. The molecule has 5 nitrogen and oxygen atoms in total. The van der Waals surface area contributed by atoms with Gasteiger partial charge in [0.1, 0.15) is 0 Å². The van der Waals surface area contributed by atoms with Crippen LogP contribution >= 0.6 is 11.3 Å². The van der Waals surface area contributed by atoms with E-state index in [1.165, 1.54) is 11.1 Å². The smallest absolute Gasteiger partial charge is 0.221 e. The van der Waals surface area contributed by atoms with E-state index >= 15 is 0 Å². The molecule has 0 saturated carbocycles. The maximum absolute atomic E-state index is 11.9. The Morgan fingerprint density at radius 3 is 2.91 bits per heavy atom. The number of benzene rings is 1. The van der Waals surface area contributed by atoms with Crippen molar-refractivity contribution in [3.05, 3.63) is 63.1 Å². The minimum Gasteiger partial charge on any atom is -0.356 e. The molecule has 0 bridgehead atoms. The summed E-state index contributed by atoms with van der Waals surface area (Å²) in [5, 5.41) is 9.70. The number of hydrogen-bond donors (Lipinski definition) is 1. The molecule has 0 aliphatic rings. The molecule has 3 rings (SSSR count). The summed E-state index contributed by atoms with van der Waals surface area (Å²) >= 11 is 1.69. The number of fused-ring (bicyclic) bond motifs is 1. The Labute approximate surface area is 137 Å². The van der Waals surface area contributed by atoms with E-state index < -0.39 is 0 Å². The predicted octanol–water partition coefficient (Wildman–Crippen LogP) is 2.21. The molecule has 0 unspecified atom stereocenters. The first-order valence-corrected chi connectivity index (χ1v) is 8.36. The molecule has 0 radical (unpaired) electrons. The van der Waals surface area contributed by atoms with Crippen molar-refractivity contribution < 1.29 is 4.79 Å². The van der Waals surface area contributed by atoms with E-state index in [-0.39, 0.29) is 11.3 Å². The SMILES string of the molecule is O=C(CCn1ncc(=O)c2ccccc21)NCCc1cccs1. The summed E-state index contributed by atoms with van der Waals surface area (Å²) in [7, 11) is 0. The van der Waals surface area contributed by atoms with Crippen LogP contribution in [0.1, 0.15) is 11.3 Å². The van der Waals surface area contributed by atoms with Crippen LogP contribution in [-0.2, 0) is 17.8 Å². The Hall–Kier alpha value is -2.47. The summed E-state index contributed by atoms with van der Waals surface area (Å²) in [6.45, 7) is 1.09. The fourth-order valence-electron chi connectivity index (χ4n) is 2.41. The monoisotopic (exact) mass is 327 g/mol. The highest BCUT2D eigenvalue weighted by molar-refractivity contribution is 7.09. The Balaban J connectivity index is 1.57. The second kappa shape index (κ2) is 7.19. The number of carbonyl (C=O) groups is 1. The third kappa shape index (κ3) is 3.84. The molecule has 118 valence electrons. The van der Waals surface area contributed by atoms with E-state index in [0.29, 0.717) is 24.9 Å². The molecule has 6 heteroatoms. The summed E-state index contributed by atoms with van der Waals surface area (Å²) in [5.41, 5.74) is 0.656. The van der Waals surface area contributed by atoms with Crippen molar-refractivity contribution in [2.45, 2.75) is 19.4 Å². The molecular weight excluding hydrogens is 310 g/mol. The first-order chi connectivity index (χ1) is 11.2. The molecule has 0 saturated heterocycles. The molecule has 1 amide bonds. The zero-order chi connectivity index (χ0) is 16.1. The number of nitrogens with one attached hydrogen (secondary N) is 1. The summed E-state index contributed by atoms with van der Waals surface area (Å²) in [6.07, 6.45) is 2.49. The van der Waals surface area contributed by atoms with E-state index in [2.05, 4.69) is 16.5 Å². The van der Waals surface area contributed by atoms with Crippen molar-refractivity contribution in [1.29, 1.82) is 0 Å². The van der Waals surface area contributed by atoms with Crippen LogP contribution in [0.3, 0.4) is 0 Å². The highest BCUT2D eigenvalue weighted by Gasteiger charge is 2.06. The number of aromatic nitrogens is 2. The number of rotatable bonds is 6. The van der Waals surface area contributed by atoms with Gasteiger partial charge < -0.3 is 5.32 Å². The van der Waals surface area contributed by atoms with Gasteiger partial charge in [-0.15, -0.1) is 11.3 Å². The lowest BCUT2D eigenvalue weighted by Crippen LogP contribution is -2.27. The molecule has 1 aromatic carbocycles. The number of thiophene rings is 1. The average molecular weight is 327 g/mol. The number of amides is 1. The predicted molar refractivity (Wildman–Crippen MR) is 91.7 cm³/mol. The van der Waals surface area contributed by atoms with Gasteiger partial charge in [0.25, 0.3) is 0 Å². The van der Waals surface area contributed by atoms with E-state index in [9.17, 15) is 9.59 Å². The maximum Gasteiger partial charge on any atom is 0.221 e. The van der Waals surface area contributed by atoms with Gasteiger partial charge in [0.15, 0.2) is 0 Å². The van der Waals surface area contributed by atoms with Crippen molar-refractivity contribution in [2.24, 2.45) is 0 Å². The van der Waals surface area contributed by atoms with Gasteiger partial charge in [-0.05, 0) is 30.0 Å². The zero-order valence-corrected chi connectivity index (χ0v) is 13.4. The fourth-order valence-corrected chi connectivity index (χ4v) is 3.12. The number of para-hydroxylation sites is 1. The van der Waals surface area contributed by atoms with E-state index in [1.807, 2.05) is 29.6 Å². The number of nitrogens with zero attached hydrogens (tertiary/aromatic N) is 2. The van der Waals surface area contributed by atoms with Crippen LogP contribution in [0.2, 0.25) is 0 Å². The minimum absolute atomic E-state index is 0.00821. The quantitative estimate of drug-likeness (QED) is 0.755. The Bertz CT molecular complexity index is 856. The van der Waals surface area contributed by atoms with Gasteiger partial charge in [-0.2, -0.15) is 5.10 Å². The van der Waals surface area contributed by atoms with Crippen molar-refractivity contribution in [1.82, 2.24) is 15.1 Å². The molecule has 2 heterocycles. The van der Waals surface area contributed by atoms with Crippen LogP contribution in [0.5, 0.6) is 0 Å². The molecule has 1 N–H and O–H groups in total. The molecule has 0 aliphatic heterocycles. The van der Waals surface area contributed by atoms with Crippen LogP contribution in [-0.4, -0.2) is 22.2 Å². The molecule has 0 atom stereocenters. The standard InChI is InChI=1S/C17H17N3O2S/c21-16-12-19-20(15-6-2-1-5-14(15)16)10-8-17(22)18-9-7-13-4-3-11-23-13/h1-6,11-12H,7-10H2,(H,18,22). The van der Waals surface area contributed by atoms with Crippen molar-refractivity contribution >= 4 is 28.1 Å². The highest BCUT2D eigenvalue weighted by atomic mass is 32.1. The molecule has 2 aromatic heterocycles. The van der Waals surface area contributed by atoms with Gasteiger partial charge >= 0.3 is 0 Å². The Morgan fingerprint density at radius 2 is 2.09 bits per heavy atom. The van der Waals surface area contributed by atoms with Gasteiger partial charge in [0.05, 0.1) is 18.3 Å². The van der Waals surface area contributed by atoms with E-state index in [1.54, 1.807) is 22.1 Å². The lowest BCUT2D eigenvalue weighted by Gasteiger charge is -2.09. The normalized spacial score (nSPS) is 10.8. The molecular formula is C17H17N3O2S. The van der Waals surface area contributed by atoms with E-state index in [0.717, 1.165) is 11.9 Å². The lowest BCUT2D eigenvalue weighted by atomic mass is 10.2. The molecule has 0 spiro atoms. The lowest BCUT2D eigenvalue weighted by molar-refractivity contribution is -0.121. The van der Waals surface area contributed by atoms with Gasteiger partial charge in [-0.1, -0.05) is 18.2 Å². The summed E-state index contributed by atoms with van der Waals surface area (Å²) in [4.78, 5) is 25.0. The second-order valence-corrected chi connectivity index (χ2v) is 6.21. The number of aryl methyl sites for hydroxylation is 1. The second-order valence-electron chi connectivity index (χ2n) is 5.18. The molecule has 0 fully saturated rings. The van der Waals surface area contributed by atoms with Gasteiger partial charge in [0, 0.05) is 23.2 Å². The van der Waals surface area contributed by atoms with Crippen molar-refractivity contribution in [3.63, 3.8) is 0 Å². The van der Waals surface area contributed by atoms with Crippen molar-refractivity contribution in [2.75, 3.05) is 6.54 Å². The van der Waals surface area contributed by atoms with Crippen LogP contribution in [0.25, 0.3) is 10.9 Å². The maximum atomic E-state index is 11.9. The first kappa shape index (κ1) is 15.4. The summed E-state index contributed by atoms with van der Waals surface area (Å²) in [6, 6.07) is 11.4. The van der Waals surface area contributed by atoms with Crippen LogP contribution in [0.4, 0.5) is 0 Å². The largest absolute Gasteiger partial charge is 0.356 e. The van der Waals surface area contributed by atoms with Crippen molar-refractivity contribution in [3.8, 4) is 0 Å².